The van der Waals surface area contributed by atoms with Gasteiger partial charge in [-0.3, -0.25) is 4.79 Å². The van der Waals surface area contributed by atoms with E-state index in [2.05, 4.69) is 17.3 Å². The third kappa shape index (κ3) is 3.31. The molecule has 7 heteroatoms. The van der Waals surface area contributed by atoms with Gasteiger partial charge >= 0.3 is 0 Å². The molecule has 2 rings (SSSR count). The van der Waals surface area contributed by atoms with E-state index in [0.717, 1.165) is 24.1 Å². The molecule has 2 atom stereocenters. The first-order chi connectivity index (χ1) is 9.67. The summed E-state index contributed by atoms with van der Waals surface area (Å²) in [5, 5.41) is 16.1. The average molecular weight is 302 g/mol. The average Bonchev–Trinajstić information content (AvgIpc) is 2.91. The normalized spacial score (nSPS) is 22.1. The van der Waals surface area contributed by atoms with Gasteiger partial charge in [0.05, 0.1) is 31.1 Å². The highest BCUT2D eigenvalue weighted by atomic mass is 35.5. The molecule has 0 aliphatic carbocycles. The Hall–Kier alpha value is -1.11. The minimum Gasteiger partial charge on any atom is -0.394 e. The minimum absolute atomic E-state index is 0.111. The summed E-state index contributed by atoms with van der Waals surface area (Å²) in [4.78, 5) is 11.9. The lowest BCUT2D eigenvalue weighted by molar-refractivity contribution is 0.0900. The van der Waals surface area contributed by atoms with Gasteiger partial charge in [-0.05, 0) is 12.8 Å². The Kier molecular flexibility index (Phi) is 5.39. The summed E-state index contributed by atoms with van der Waals surface area (Å²) >= 11 is 6.04. The van der Waals surface area contributed by atoms with E-state index in [1.807, 2.05) is 0 Å². The number of halogens is 1. The molecule has 1 aliphatic heterocycles. The summed E-state index contributed by atoms with van der Waals surface area (Å²) in [6.45, 7) is 3.60. The van der Waals surface area contributed by atoms with Crippen LogP contribution in [-0.4, -0.2) is 40.7 Å². The molecule has 1 aromatic heterocycles. The minimum atomic E-state index is -0.388. The molecule has 2 unspecified atom stereocenters. The zero-order valence-corrected chi connectivity index (χ0v) is 12.3. The molecule has 6 nitrogen and oxygen atoms in total. The SMILES string of the molecule is CCC1OCCC1CNc1cnn(CCO)c(=O)c1Cl. The summed E-state index contributed by atoms with van der Waals surface area (Å²) in [6, 6.07) is 0. The van der Waals surface area contributed by atoms with Gasteiger partial charge in [0.2, 0.25) is 0 Å². The van der Waals surface area contributed by atoms with Crippen LogP contribution in [0.5, 0.6) is 0 Å². The number of nitrogens with one attached hydrogen (secondary N) is 1. The topological polar surface area (TPSA) is 76.4 Å². The number of hydrogen-bond acceptors (Lipinski definition) is 5. The summed E-state index contributed by atoms with van der Waals surface area (Å²) < 4.78 is 6.78. The fraction of sp³-hybridized carbons (Fsp3) is 0.692. The fourth-order valence-electron chi connectivity index (χ4n) is 2.46. The Morgan fingerprint density at radius 1 is 1.65 bits per heavy atom. The van der Waals surface area contributed by atoms with E-state index < -0.39 is 0 Å². The second-order valence-corrected chi connectivity index (χ2v) is 5.25. The molecule has 1 aliphatic rings. The molecular formula is C13H20ClN3O3. The van der Waals surface area contributed by atoms with Gasteiger partial charge in [0, 0.05) is 19.1 Å². The molecule has 0 spiro atoms. The lowest BCUT2D eigenvalue weighted by Crippen LogP contribution is -2.27. The number of rotatable bonds is 6. The van der Waals surface area contributed by atoms with Crippen LogP contribution in [0.3, 0.4) is 0 Å². The molecule has 2 N–H and O–H groups in total. The smallest absolute Gasteiger partial charge is 0.287 e. The Morgan fingerprint density at radius 3 is 3.15 bits per heavy atom. The third-order valence-electron chi connectivity index (χ3n) is 3.60. The molecule has 0 saturated carbocycles. The van der Waals surface area contributed by atoms with Crippen LogP contribution < -0.4 is 10.9 Å². The lowest BCUT2D eigenvalue weighted by Gasteiger charge is -2.18. The standard InChI is InChI=1S/C13H20ClN3O3/c1-2-11-9(3-6-20-11)7-15-10-8-16-17(4-5-18)13(19)12(10)14/h8-9,11,15,18H,2-7H2,1H3. The molecule has 1 aromatic rings. The van der Waals surface area contributed by atoms with Gasteiger partial charge in [-0.15, -0.1) is 0 Å². The number of hydrogen-bond donors (Lipinski definition) is 2. The first-order valence-corrected chi connectivity index (χ1v) is 7.27. The maximum absolute atomic E-state index is 11.9. The number of aliphatic hydroxyl groups excluding tert-OH is 1. The predicted octanol–water partition coefficient (Wildman–Crippen LogP) is 1.12. The van der Waals surface area contributed by atoms with Gasteiger partial charge in [-0.1, -0.05) is 18.5 Å². The van der Waals surface area contributed by atoms with E-state index in [1.54, 1.807) is 0 Å². The van der Waals surface area contributed by atoms with Gasteiger partial charge in [-0.2, -0.15) is 5.10 Å². The highest BCUT2D eigenvalue weighted by Crippen LogP contribution is 2.24. The van der Waals surface area contributed by atoms with Crippen LogP contribution in [-0.2, 0) is 11.3 Å². The highest BCUT2D eigenvalue weighted by Gasteiger charge is 2.26. The van der Waals surface area contributed by atoms with Crippen LogP contribution in [0.1, 0.15) is 19.8 Å². The number of aromatic nitrogens is 2. The van der Waals surface area contributed by atoms with E-state index in [4.69, 9.17) is 21.4 Å². The second-order valence-electron chi connectivity index (χ2n) is 4.87. The third-order valence-corrected chi connectivity index (χ3v) is 3.97. The van der Waals surface area contributed by atoms with Gasteiger partial charge in [-0.25, -0.2) is 4.68 Å². The van der Waals surface area contributed by atoms with E-state index in [9.17, 15) is 4.79 Å². The van der Waals surface area contributed by atoms with Gasteiger partial charge in [0.1, 0.15) is 5.02 Å². The van der Waals surface area contributed by atoms with Crippen molar-refractivity contribution in [3.05, 3.63) is 21.6 Å². The van der Waals surface area contributed by atoms with E-state index in [-0.39, 0.29) is 29.8 Å². The number of ether oxygens (including phenoxy) is 1. The maximum atomic E-state index is 11.9. The number of nitrogens with zero attached hydrogens (tertiary/aromatic N) is 2. The number of anilines is 1. The molecule has 0 aromatic carbocycles. The summed E-state index contributed by atoms with van der Waals surface area (Å²) in [5.74, 6) is 0.427. The molecule has 0 bridgehead atoms. The zero-order valence-electron chi connectivity index (χ0n) is 11.5. The van der Waals surface area contributed by atoms with Crippen molar-refractivity contribution >= 4 is 17.3 Å². The van der Waals surface area contributed by atoms with Crippen molar-refractivity contribution in [3.63, 3.8) is 0 Å². The first kappa shape index (κ1) is 15.3. The fourth-order valence-corrected chi connectivity index (χ4v) is 2.67. The molecule has 1 saturated heterocycles. The monoisotopic (exact) mass is 301 g/mol. The summed E-state index contributed by atoms with van der Waals surface area (Å²) in [7, 11) is 0. The van der Waals surface area contributed by atoms with E-state index >= 15 is 0 Å². The van der Waals surface area contributed by atoms with Crippen molar-refractivity contribution in [2.75, 3.05) is 25.1 Å². The van der Waals surface area contributed by atoms with E-state index in [1.165, 1.54) is 6.20 Å². The molecule has 112 valence electrons. The van der Waals surface area contributed by atoms with Crippen LogP contribution in [0.25, 0.3) is 0 Å². The first-order valence-electron chi connectivity index (χ1n) is 6.89. The molecule has 1 fully saturated rings. The quantitative estimate of drug-likeness (QED) is 0.823. The summed E-state index contributed by atoms with van der Waals surface area (Å²) in [5.41, 5.74) is 0.146. The molecule has 20 heavy (non-hydrogen) atoms. The molecular weight excluding hydrogens is 282 g/mol. The molecule has 0 radical (unpaired) electrons. The second kappa shape index (κ2) is 7.06. The van der Waals surface area contributed by atoms with Gasteiger partial charge in [0.15, 0.2) is 0 Å². The van der Waals surface area contributed by atoms with Crippen LogP contribution >= 0.6 is 11.6 Å². The zero-order chi connectivity index (χ0) is 14.5. The van der Waals surface area contributed by atoms with Crippen molar-refractivity contribution in [2.45, 2.75) is 32.4 Å². The maximum Gasteiger partial charge on any atom is 0.287 e. The Morgan fingerprint density at radius 2 is 2.45 bits per heavy atom. The van der Waals surface area contributed by atoms with Crippen molar-refractivity contribution in [1.29, 1.82) is 0 Å². The molecule has 2 heterocycles. The summed E-state index contributed by atoms with van der Waals surface area (Å²) in [6.07, 6.45) is 3.79. The Balaban J connectivity index is 2.03. The molecule has 0 amide bonds. The number of aliphatic hydroxyl groups is 1. The highest BCUT2D eigenvalue weighted by molar-refractivity contribution is 6.32. The van der Waals surface area contributed by atoms with Crippen LogP contribution in [0, 0.1) is 5.92 Å². The Labute approximate surface area is 122 Å². The van der Waals surface area contributed by atoms with Crippen LogP contribution in [0.2, 0.25) is 5.02 Å². The lowest BCUT2D eigenvalue weighted by atomic mass is 10.00. The van der Waals surface area contributed by atoms with Gasteiger partial charge in [0.25, 0.3) is 5.56 Å². The van der Waals surface area contributed by atoms with Crippen LogP contribution in [0.15, 0.2) is 11.0 Å². The van der Waals surface area contributed by atoms with Crippen molar-refractivity contribution in [1.82, 2.24) is 9.78 Å². The van der Waals surface area contributed by atoms with Crippen molar-refractivity contribution in [3.8, 4) is 0 Å². The van der Waals surface area contributed by atoms with Gasteiger partial charge < -0.3 is 15.2 Å². The van der Waals surface area contributed by atoms with Crippen molar-refractivity contribution < 1.29 is 9.84 Å². The van der Waals surface area contributed by atoms with Crippen LogP contribution in [0.4, 0.5) is 5.69 Å². The van der Waals surface area contributed by atoms with Crippen molar-refractivity contribution in [2.24, 2.45) is 5.92 Å². The predicted molar refractivity (Wildman–Crippen MR) is 77.2 cm³/mol. The van der Waals surface area contributed by atoms with E-state index in [0.29, 0.717) is 18.2 Å². The Bertz CT molecular complexity index is 506. The largest absolute Gasteiger partial charge is 0.394 e.